The molecule has 122 valence electrons. The largest absolute Gasteiger partial charge is 0.393 e. The van der Waals surface area contributed by atoms with Crippen LogP contribution in [-0.2, 0) is 9.59 Å². The zero-order chi connectivity index (χ0) is 15.7. The van der Waals surface area contributed by atoms with Gasteiger partial charge in [0.1, 0.15) is 11.6 Å². The number of hydrogen-bond donors (Lipinski definition) is 1. The van der Waals surface area contributed by atoms with Gasteiger partial charge in [-0.3, -0.25) is 9.59 Å². The summed E-state index contributed by atoms with van der Waals surface area (Å²) >= 11 is 0. The van der Waals surface area contributed by atoms with Gasteiger partial charge in [0.15, 0.2) is 0 Å². The van der Waals surface area contributed by atoms with Crippen LogP contribution < -0.4 is 0 Å². The molecule has 7 atom stereocenters. The van der Waals surface area contributed by atoms with Gasteiger partial charge in [-0.15, -0.1) is 0 Å². The third kappa shape index (κ3) is 1.78. The standard InChI is InChI=1S/C19H28O3/c1-18-7-5-12(20)9-11(18)10-15(21)17-13-3-4-16(22)19(13,2)8-6-14(17)18/h11-14,17,20H,3-10H2,1-2H3. The first-order valence-electron chi connectivity index (χ1n) is 9.10. The number of aliphatic hydroxyl groups excluding tert-OH is 1. The summed E-state index contributed by atoms with van der Waals surface area (Å²) in [6.45, 7) is 4.49. The second kappa shape index (κ2) is 4.66. The summed E-state index contributed by atoms with van der Waals surface area (Å²) in [4.78, 5) is 25.3. The van der Waals surface area contributed by atoms with E-state index in [9.17, 15) is 14.7 Å². The highest BCUT2D eigenvalue weighted by Crippen LogP contribution is 2.64. The molecule has 4 saturated carbocycles. The second-order valence-corrected chi connectivity index (χ2v) is 8.96. The van der Waals surface area contributed by atoms with E-state index in [1.807, 2.05) is 0 Å². The van der Waals surface area contributed by atoms with Crippen molar-refractivity contribution in [3.05, 3.63) is 0 Å². The van der Waals surface area contributed by atoms with Gasteiger partial charge in [0, 0.05) is 24.2 Å². The van der Waals surface area contributed by atoms with Crippen LogP contribution in [0.5, 0.6) is 0 Å². The fourth-order valence-corrected chi connectivity index (χ4v) is 6.68. The van der Waals surface area contributed by atoms with Crippen molar-refractivity contribution in [3.8, 4) is 0 Å². The van der Waals surface area contributed by atoms with E-state index in [0.717, 1.165) is 38.5 Å². The Morgan fingerprint density at radius 2 is 1.82 bits per heavy atom. The van der Waals surface area contributed by atoms with E-state index in [-0.39, 0.29) is 28.8 Å². The first-order chi connectivity index (χ1) is 10.4. The minimum Gasteiger partial charge on any atom is -0.393 e. The fourth-order valence-electron chi connectivity index (χ4n) is 6.68. The van der Waals surface area contributed by atoms with Crippen molar-refractivity contribution in [2.75, 3.05) is 0 Å². The summed E-state index contributed by atoms with van der Waals surface area (Å²) in [5.41, 5.74) is -0.0288. The van der Waals surface area contributed by atoms with E-state index in [4.69, 9.17) is 0 Å². The predicted molar refractivity (Wildman–Crippen MR) is 83.1 cm³/mol. The SMILES string of the molecule is CC12CCC3C(C(=O)CC4CC(O)CCC43C)C1CCC2=O. The van der Waals surface area contributed by atoms with Crippen LogP contribution in [0.2, 0.25) is 0 Å². The van der Waals surface area contributed by atoms with Crippen LogP contribution in [0.3, 0.4) is 0 Å². The van der Waals surface area contributed by atoms with E-state index in [1.54, 1.807) is 0 Å². The van der Waals surface area contributed by atoms with Crippen LogP contribution >= 0.6 is 0 Å². The molecule has 0 aliphatic heterocycles. The van der Waals surface area contributed by atoms with Crippen LogP contribution in [0.15, 0.2) is 0 Å². The fraction of sp³-hybridized carbons (Fsp3) is 0.895. The molecule has 4 aliphatic carbocycles. The van der Waals surface area contributed by atoms with Gasteiger partial charge in [0.2, 0.25) is 0 Å². The van der Waals surface area contributed by atoms with E-state index < -0.39 is 0 Å². The average molecular weight is 304 g/mol. The number of Topliss-reactive ketones (excluding diaryl/α,β-unsaturated/α-hetero) is 2. The maximum Gasteiger partial charge on any atom is 0.139 e. The van der Waals surface area contributed by atoms with Crippen molar-refractivity contribution < 1.29 is 14.7 Å². The molecule has 1 N–H and O–H groups in total. The zero-order valence-electron chi connectivity index (χ0n) is 13.8. The highest BCUT2D eigenvalue weighted by Gasteiger charge is 2.62. The molecule has 0 heterocycles. The molecule has 0 spiro atoms. The summed E-state index contributed by atoms with van der Waals surface area (Å²) in [5, 5.41) is 10.0. The molecule has 4 rings (SSSR count). The van der Waals surface area contributed by atoms with E-state index in [2.05, 4.69) is 13.8 Å². The van der Waals surface area contributed by atoms with Crippen molar-refractivity contribution in [1.29, 1.82) is 0 Å². The highest BCUT2D eigenvalue weighted by molar-refractivity contribution is 5.90. The number of carbonyl (C=O) groups excluding carboxylic acids is 2. The molecule has 3 heteroatoms. The molecule has 4 fully saturated rings. The van der Waals surface area contributed by atoms with E-state index >= 15 is 0 Å². The number of rotatable bonds is 0. The van der Waals surface area contributed by atoms with Crippen LogP contribution in [0, 0.1) is 34.5 Å². The number of fused-ring (bicyclic) bond motifs is 5. The topological polar surface area (TPSA) is 54.4 Å². The lowest BCUT2D eigenvalue weighted by Gasteiger charge is -2.59. The van der Waals surface area contributed by atoms with Gasteiger partial charge in [-0.2, -0.15) is 0 Å². The van der Waals surface area contributed by atoms with Crippen LogP contribution in [-0.4, -0.2) is 22.8 Å². The maximum absolute atomic E-state index is 12.9. The molecule has 22 heavy (non-hydrogen) atoms. The summed E-state index contributed by atoms with van der Waals surface area (Å²) in [6, 6.07) is 0. The Hall–Kier alpha value is -0.700. The van der Waals surface area contributed by atoms with Crippen molar-refractivity contribution in [2.24, 2.45) is 34.5 Å². The van der Waals surface area contributed by atoms with Gasteiger partial charge in [-0.25, -0.2) is 0 Å². The molecule has 0 saturated heterocycles. The van der Waals surface area contributed by atoms with Crippen molar-refractivity contribution in [2.45, 2.75) is 71.3 Å². The summed E-state index contributed by atoms with van der Waals surface area (Å²) in [6.07, 6.45) is 6.73. The third-order valence-electron chi connectivity index (χ3n) is 8.15. The molecule has 7 unspecified atom stereocenters. The molecule has 0 amide bonds. The smallest absolute Gasteiger partial charge is 0.139 e. The molecule has 0 aromatic heterocycles. The van der Waals surface area contributed by atoms with E-state index in [0.29, 0.717) is 36.2 Å². The lowest BCUT2D eigenvalue weighted by atomic mass is 9.45. The molecule has 0 aromatic rings. The Morgan fingerprint density at radius 1 is 1.05 bits per heavy atom. The van der Waals surface area contributed by atoms with E-state index in [1.165, 1.54) is 0 Å². The van der Waals surface area contributed by atoms with Gasteiger partial charge < -0.3 is 5.11 Å². The molecule has 0 aromatic carbocycles. The van der Waals surface area contributed by atoms with Gasteiger partial charge in [-0.05, 0) is 61.7 Å². The molecule has 0 bridgehead atoms. The normalized spacial score (nSPS) is 54.6. The Labute approximate surface area is 132 Å². The van der Waals surface area contributed by atoms with Gasteiger partial charge in [0.25, 0.3) is 0 Å². The average Bonchev–Trinajstić information content (AvgIpc) is 2.77. The minimum absolute atomic E-state index is 0.113. The second-order valence-electron chi connectivity index (χ2n) is 8.96. The van der Waals surface area contributed by atoms with Gasteiger partial charge in [-0.1, -0.05) is 13.8 Å². The number of hydrogen-bond acceptors (Lipinski definition) is 3. The third-order valence-corrected chi connectivity index (χ3v) is 8.15. The number of ketones is 2. The summed E-state index contributed by atoms with van der Waals surface area (Å²) in [7, 11) is 0. The zero-order valence-corrected chi connectivity index (χ0v) is 13.8. The molecule has 3 nitrogen and oxygen atoms in total. The number of aliphatic hydroxyl groups is 1. The van der Waals surface area contributed by atoms with Crippen LogP contribution in [0.4, 0.5) is 0 Å². The van der Waals surface area contributed by atoms with Crippen LogP contribution in [0.1, 0.15) is 65.2 Å². The van der Waals surface area contributed by atoms with Crippen molar-refractivity contribution in [3.63, 3.8) is 0 Å². The molecule has 4 aliphatic rings. The first kappa shape index (κ1) is 14.9. The Morgan fingerprint density at radius 3 is 2.59 bits per heavy atom. The monoisotopic (exact) mass is 304 g/mol. The minimum atomic E-state index is -0.228. The maximum atomic E-state index is 12.9. The predicted octanol–water partition coefficient (Wildman–Crippen LogP) is 3.14. The Bertz CT molecular complexity index is 527. The highest BCUT2D eigenvalue weighted by atomic mass is 16.3. The van der Waals surface area contributed by atoms with Crippen LogP contribution in [0.25, 0.3) is 0 Å². The first-order valence-corrected chi connectivity index (χ1v) is 9.10. The van der Waals surface area contributed by atoms with Crippen molar-refractivity contribution >= 4 is 11.6 Å². The summed E-state index contributed by atoms with van der Waals surface area (Å²) < 4.78 is 0. The summed E-state index contributed by atoms with van der Waals surface area (Å²) in [5.74, 6) is 1.99. The Kier molecular flexibility index (Phi) is 3.15. The van der Waals surface area contributed by atoms with Gasteiger partial charge >= 0.3 is 0 Å². The molecule has 0 radical (unpaired) electrons. The Balaban J connectivity index is 1.70. The molecular formula is C19H28O3. The quantitative estimate of drug-likeness (QED) is 0.748. The molecular weight excluding hydrogens is 276 g/mol. The van der Waals surface area contributed by atoms with Crippen molar-refractivity contribution in [1.82, 2.24) is 0 Å². The number of carbonyl (C=O) groups is 2. The lowest BCUT2D eigenvalue weighted by molar-refractivity contribution is -0.160. The van der Waals surface area contributed by atoms with Gasteiger partial charge in [0.05, 0.1) is 6.10 Å². The lowest BCUT2D eigenvalue weighted by Crippen LogP contribution is -2.57.